The molecule has 3 rings (SSSR count). The zero-order chi connectivity index (χ0) is 28.2. The van der Waals surface area contributed by atoms with Crippen LogP contribution in [0.2, 0.25) is 0 Å². The summed E-state index contributed by atoms with van der Waals surface area (Å²) in [5, 5.41) is 14.1. The smallest absolute Gasteiger partial charge is 0.233 e. The summed E-state index contributed by atoms with van der Waals surface area (Å²) in [7, 11) is 0. The number of nitrogens with zero attached hydrogens (tertiary/aromatic N) is 3. The molecule has 0 fully saturated rings. The Bertz CT molecular complexity index is 1140. The lowest BCUT2D eigenvalue weighted by Crippen LogP contribution is -2.37. The van der Waals surface area contributed by atoms with Gasteiger partial charge in [-0.25, -0.2) is 0 Å². The van der Waals surface area contributed by atoms with Gasteiger partial charge >= 0.3 is 0 Å². The average molecular weight is 518 g/mol. The highest BCUT2D eigenvalue weighted by Gasteiger charge is 2.29. The molecule has 0 spiro atoms. The minimum atomic E-state index is -0.207. The second-order valence-electron chi connectivity index (χ2n) is 14.0. The summed E-state index contributed by atoms with van der Waals surface area (Å²) in [5.74, 6) is 1.56. The molecule has 2 aromatic carbocycles. The third-order valence-corrected chi connectivity index (χ3v) is 5.71. The first-order valence-electron chi connectivity index (χ1n) is 13.5. The van der Waals surface area contributed by atoms with Crippen LogP contribution in [0.3, 0.4) is 0 Å². The van der Waals surface area contributed by atoms with E-state index in [0.717, 1.165) is 29.9 Å². The number of para-hydroxylation sites is 3. The van der Waals surface area contributed by atoms with Gasteiger partial charge in [0.15, 0.2) is 0 Å². The summed E-state index contributed by atoms with van der Waals surface area (Å²) < 4.78 is 0. The van der Waals surface area contributed by atoms with Gasteiger partial charge in [0.1, 0.15) is 0 Å². The Morgan fingerprint density at radius 3 is 1.34 bits per heavy atom. The number of benzene rings is 2. The van der Waals surface area contributed by atoms with Crippen molar-refractivity contribution < 1.29 is 0 Å². The molecule has 0 amide bonds. The van der Waals surface area contributed by atoms with Gasteiger partial charge < -0.3 is 21.3 Å². The predicted molar refractivity (Wildman–Crippen MR) is 163 cm³/mol. The van der Waals surface area contributed by atoms with E-state index >= 15 is 0 Å². The van der Waals surface area contributed by atoms with Gasteiger partial charge in [-0.1, -0.05) is 71.9 Å². The van der Waals surface area contributed by atoms with Gasteiger partial charge in [0.25, 0.3) is 0 Å². The van der Waals surface area contributed by atoms with Crippen LogP contribution in [0.1, 0.15) is 82.1 Å². The van der Waals surface area contributed by atoms with E-state index in [1.807, 2.05) is 54.6 Å². The molecule has 7 heteroatoms. The first-order valence-corrected chi connectivity index (χ1v) is 13.5. The number of rotatable bonds is 10. The minimum absolute atomic E-state index is 0.155. The molecular weight excluding hydrogens is 470 g/mol. The summed E-state index contributed by atoms with van der Waals surface area (Å²) in [6.07, 6.45) is 1.91. The second-order valence-corrected chi connectivity index (χ2v) is 14.0. The van der Waals surface area contributed by atoms with E-state index in [9.17, 15) is 0 Å². The molecule has 0 atom stereocenters. The molecule has 1 heterocycles. The van der Waals surface area contributed by atoms with Gasteiger partial charge in [-0.15, -0.1) is 0 Å². The Kier molecular flexibility index (Phi) is 8.59. The van der Waals surface area contributed by atoms with E-state index in [0.29, 0.717) is 17.8 Å². The first kappa shape index (κ1) is 29.2. The molecule has 0 saturated carbocycles. The highest BCUT2D eigenvalue weighted by Crippen LogP contribution is 2.32. The summed E-state index contributed by atoms with van der Waals surface area (Å²) >= 11 is 0. The van der Waals surface area contributed by atoms with Crippen molar-refractivity contribution in [3.8, 4) is 0 Å². The third kappa shape index (κ3) is 9.84. The van der Waals surface area contributed by atoms with E-state index in [-0.39, 0.29) is 21.9 Å². The average Bonchev–Trinajstić information content (AvgIpc) is 2.71. The summed E-state index contributed by atoms with van der Waals surface area (Å²) in [4.78, 5) is 14.4. The van der Waals surface area contributed by atoms with Crippen LogP contribution in [-0.4, -0.2) is 26.0 Å². The highest BCUT2D eigenvalue weighted by molar-refractivity contribution is 5.77. The Hall–Kier alpha value is -3.35. The molecule has 38 heavy (non-hydrogen) atoms. The van der Waals surface area contributed by atoms with Crippen LogP contribution in [0.4, 0.5) is 34.9 Å². The maximum Gasteiger partial charge on any atom is 0.233 e. The van der Waals surface area contributed by atoms with Crippen LogP contribution < -0.4 is 21.3 Å². The Balaban J connectivity index is 1.95. The molecule has 0 unspecified atom stereocenters. The topological polar surface area (TPSA) is 86.8 Å². The van der Waals surface area contributed by atoms with Gasteiger partial charge in [0.05, 0.1) is 11.4 Å². The van der Waals surface area contributed by atoms with Crippen LogP contribution in [0.15, 0.2) is 54.6 Å². The van der Waals surface area contributed by atoms with Crippen molar-refractivity contribution in [2.75, 3.05) is 21.3 Å². The number of hydrogen-bond acceptors (Lipinski definition) is 7. The number of anilines is 6. The fourth-order valence-electron chi connectivity index (χ4n) is 5.39. The molecule has 0 radical (unpaired) electrons. The molecule has 1 aromatic heterocycles. The van der Waals surface area contributed by atoms with Gasteiger partial charge in [-0.05, 0) is 75.6 Å². The Morgan fingerprint density at radius 2 is 0.895 bits per heavy atom. The lowest BCUT2D eigenvalue weighted by atomic mass is 9.82. The largest absolute Gasteiger partial charge is 0.354 e. The predicted octanol–water partition coefficient (Wildman–Crippen LogP) is 8.61. The third-order valence-electron chi connectivity index (χ3n) is 5.71. The fourth-order valence-corrected chi connectivity index (χ4v) is 5.39. The molecule has 0 saturated heterocycles. The summed E-state index contributed by atoms with van der Waals surface area (Å²) in [6.45, 7) is 22.2. The van der Waals surface area contributed by atoms with E-state index in [4.69, 9.17) is 15.0 Å². The first-order chi connectivity index (χ1) is 17.5. The highest BCUT2D eigenvalue weighted by atomic mass is 15.3. The molecule has 206 valence electrons. The molecule has 0 bridgehead atoms. The van der Waals surface area contributed by atoms with E-state index < -0.39 is 0 Å². The van der Waals surface area contributed by atoms with Crippen LogP contribution in [0, 0.1) is 10.8 Å². The van der Waals surface area contributed by atoms with Crippen molar-refractivity contribution >= 4 is 34.9 Å². The van der Waals surface area contributed by atoms with E-state index in [1.54, 1.807) is 0 Å². The maximum absolute atomic E-state index is 4.80. The van der Waals surface area contributed by atoms with Gasteiger partial charge in [-0.3, -0.25) is 0 Å². The lowest BCUT2D eigenvalue weighted by molar-refractivity contribution is 0.301. The van der Waals surface area contributed by atoms with Crippen LogP contribution in [0.5, 0.6) is 0 Å². The normalized spacial score (nSPS) is 12.7. The molecule has 0 aliphatic heterocycles. The standard InChI is InChI=1S/C31H47N7/c1-28(2,3)20-30(7,8)37-26-34-25(35-27(36-26)38-31(9,10)21-29(4,5)6)33-24-19-15-14-18-23(24)32-22-16-12-11-13-17-22/h11-19,32H,20-21H2,1-10H3,(H3,33,34,35,36,37,38). The number of nitrogens with one attached hydrogen (secondary N) is 4. The SMILES string of the molecule is CC(C)(C)CC(C)(C)Nc1nc(Nc2ccccc2Nc2ccccc2)nc(NC(C)(C)CC(C)(C)C)n1. The molecule has 7 nitrogen and oxygen atoms in total. The van der Waals surface area contributed by atoms with E-state index in [2.05, 4.69) is 90.5 Å². The number of aromatic nitrogens is 3. The van der Waals surface area contributed by atoms with Crippen LogP contribution >= 0.6 is 0 Å². The molecule has 4 N–H and O–H groups in total. The quantitative estimate of drug-likeness (QED) is 0.214. The second kappa shape index (κ2) is 11.2. The van der Waals surface area contributed by atoms with Crippen LogP contribution in [0.25, 0.3) is 0 Å². The summed E-state index contributed by atoms with van der Waals surface area (Å²) in [5.41, 5.74) is 2.72. The van der Waals surface area contributed by atoms with Crippen molar-refractivity contribution in [2.24, 2.45) is 10.8 Å². The maximum atomic E-state index is 4.80. The molecule has 3 aromatic rings. The van der Waals surface area contributed by atoms with Crippen molar-refractivity contribution in [3.05, 3.63) is 54.6 Å². The van der Waals surface area contributed by atoms with Gasteiger partial charge in [0.2, 0.25) is 17.8 Å². The zero-order valence-electron chi connectivity index (χ0n) is 25.0. The number of hydrogen-bond donors (Lipinski definition) is 4. The zero-order valence-corrected chi connectivity index (χ0v) is 25.0. The fraction of sp³-hybridized carbons (Fsp3) is 0.516. The van der Waals surface area contributed by atoms with Gasteiger partial charge in [0, 0.05) is 16.8 Å². The van der Waals surface area contributed by atoms with Crippen molar-refractivity contribution in [1.29, 1.82) is 0 Å². The monoisotopic (exact) mass is 517 g/mol. The van der Waals surface area contributed by atoms with E-state index in [1.165, 1.54) is 0 Å². The van der Waals surface area contributed by atoms with Gasteiger partial charge in [-0.2, -0.15) is 15.0 Å². The molecular formula is C31H47N7. The van der Waals surface area contributed by atoms with Crippen LogP contribution in [-0.2, 0) is 0 Å². The minimum Gasteiger partial charge on any atom is -0.354 e. The van der Waals surface area contributed by atoms with Crippen molar-refractivity contribution in [3.63, 3.8) is 0 Å². The molecule has 0 aliphatic rings. The van der Waals surface area contributed by atoms with Crippen molar-refractivity contribution in [2.45, 2.75) is 93.2 Å². The lowest BCUT2D eigenvalue weighted by Gasteiger charge is -2.34. The van der Waals surface area contributed by atoms with Crippen molar-refractivity contribution in [1.82, 2.24) is 15.0 Å². The Labute approximate surface area is 229 Å². The summed E-state index contributed by atoms with van der Waals surface area (Å²) in [6, 6.07) is 18.2. The molecule has 0 aliphatic carbocycles. The Morgan fingerprint density at radius 1 is 0.500 bits per heavy atom.